The number of amides is 1. The van der Waals surface area contributed by atoms with Crippen molar-refractivity contribution < 1.29 is 14.7 Å². The molecule has 3 rings (SSSR count). The molecule has 28 heavy (non-hydrogen) atoms. The first-order chi connectivity index (χ1) is 13.4. The van der Waals surface area contributed by atoms with E-state index >= 15 is 0 Å². The van der Waals surface area contributed by atoms with Crippen LogP contribution in [0.1, 0.15) is 45.6 Å². The lowest BCUT2D eigenvalue weighted by Crippen LogP contribution is -2.42. The third-order valence-electron chi connectivity index (χ3n) is 5.65. The van der Waals surface area contributed by atoms with Crippen molar-refractivity contribution >= 4 is 22.8 Å². The molecule has 1 heterocycles. The predicted molar refractivity (Wildman–Crippen MR) is 106 cm³/mol. The summed E-state index contributed by atoms with van der Waals surface area (Å²) in [7, 11) is 0. The molecule has 1 aromatic carbocycles. The maximum Gasteiger partial charge on any atom is 0.306 e. The molecule has 2 aromatic rings. The van der Waals surface area contributed by atoms with E-state index in [1.54, 1.807) is 18.2 Å². The second-order valence-electron chi connectivity index (χ2n) is 7.96. The number of hydrogen-bond donors (Lipinski definition) is 2. The summed E-state index contributed by atoms with van der Waals surface area (Å²) in [5.74, 6) is -1.00. The van der Waals surface area contributed by atoms with E-state index in [0.29, 0.717) is 30.3 Å². The van der Waals surface area contributed by atoms with E-state index in [4.69, 9.17) is 5.11 Å². The van der Waals surface area contributed by atoms with Gasteiger partial charge in [-0.2, -0.15) is 0 Å². The van der Waals surface area contributed by atoms with Crippen molar-refractivity contribution in [3.8, 4) is 0 Å². The SMILES string of the molecule is CC(C)[C@@H](C(=O)NCC1CCC(C(=O)O)CC1)n1cnc2ccccc2c1=O. The lowest BCUT2D eigenvalue weighted by atomic mass is 9.82. The molecule has 1 aromatic heterocycles. The van der Waals surface area contributed by atoms with Crippen LogP contribution >= 0.6 is 0 Å². The number of aromatic nitrogens is 2. The van der Waals surface area contributed by atoms with E-state index in [1.807, 2.05) is 19.9 Å². The lowest BCUT2D eigenvalue weighted by Gasteiger charge is -2.28. The standard InChI is InChI=1S/C21H27N3O4/c1-13(2)18(24-12-23-17-6-4-3-5-16(17)20(24)26)19(25)22-11-14-7-9-15(10-8-14)21(27)28/h3-6,12-15,18H,7-11H2,1-2H3,(H,22,25)(H,27,28)/t14?,15?,18-/m0/s1. The monoisotopic (exact) mass is 385 g/mol. The number of carboxylic acid groups (broad SMARTS) is 1. The van der Waals surface area contributed by atoms with Gasteiger partial charge in [0, 0.05) is 6.54 Å². The Morgan fingerprint density at radius 3 is 2.54 bits per heavy atom. The summed E-state index contributed by atoms with van der Waals surface area (Å²) < 4.78 is 1.42. The van der Waals surface area contributed by atoms with Crippen molar-refractivity contribution in [3.05, 3.63) is 40.9 Å². The molecule has 1 aliphatic rings. The number of benzene rings is 1. The van der Waals surface area contributed by atoms with Gasteiger partial charge in [0.05, 0.1) is 23.1 Å². The summed E-state index contributed by atoms with van der Waals surface area (Å²) in [6.07, 6.45) is 4.34. The summed E-state index contributed by atoms with van der Waals surface area (Å²) in [6, 6.07) is 6.47. The van der Waals surface area contributed by atoms with E-state index in [9.17, 15) is 14.4 Å². The molecular weight excluding hydrogens is 358 g/mol. The van der Waals surface area contributed by atoms with Crippen LogP contribution in [0.25, 0.3) is 10.9 Å². The molecule has 1 atom stereocenters. The number of para-hydroxylation sites is 1. The van der Waals surface area contributed by atoms with E-state index in [0.717, 1.165) is 12.8 Å². The molecule has 0 aliphatic heterocycles. The molecule has 0 saturated heterocycles. The van der Waals surface area contributed by atoms with Crippen LogP contribution in [0.4, 0.5) is 0 Å². The molecule has 0 bridgehead atoms. The van der Waals surface area contributed by atoms with E-state index in [2.05, 4.69) is 10.3 Å². The number of nitrogens with one attached hydrogen (secondary N) is 1. The molecular formula is C21H27N3O4. The van der Waals surface area contributed by atoms with Gasteiger partial charge in [-0.25, -0.2) is 4.98 Å². The maximum atomic E-state index is 12.9. The quantitative estimate of drug-likeness (QED) is 0.796. The number of carboxylic acids is 1. The average molecular weight is 385 g/mol. The molecule has 1 saturated carbocycles. The summed E-state index contributed by atoms with van der Waals surface area (Å²) in [5.41, 5.74) is 0.392. The van der Waals surface area contributed by atoms with Gasteiger partial charge in [0.25, 0.3) is 5.56 Å². The molecule has 0 spiro atoms. The minimum Gasteiger partial charge on any atom is -0.481 e. The maximum absolute atomic E-state index is 12.9. The molecule has 7 nitrogen and oxygen atoms in total. The first-order valence-electron chi connectivity index (χ1n) is 9.85. The molecule has 0 radical (unpaired) electrons. The van der Waals surface area contributed by atoms with Gasteiger partial charge in [-0.15, -0.1) is 0 Å². The smallest absolute Gasteiger partial charge is 0.306 e. The Hall–Kier alpha value is -2.70. The highest BCUT2D eigenvalue weighted by atomic mass is 16.4. The largest absolute Gasteiger partial charge is 0.481 e. The number of aliphatic carboxylic acids is 1. The number of fused-ring (bicyclic) bond motifs is 1. The fourth-order valence-electron chi connectivity index (χ4n) is 3.99. The normalized spacial score (nSPS) is 20.8. The van der Waals surface area contributed by atoms with Gasteiger partial charge in [-0.3, -0.25) is 19.0 Å². The number of carbonyl (C=O) groups is 2. The number of nitrogens with zero attached hydrogens (tertiary/aromatic N) is 2. The van der Waals surface area contributed by atoms with Crippen molar-refractivity contribution in [2.45, 2.75) is 45.6 Å². The zero-order valence-electron chi connectivity index (χ0n) is 16.3. The third-order valence-corrected chi connectivity index (χ3v) is 5.65. The number of hydrogen-bond acceptors (Lipinski definition) is 4. The Morgan fingerprint density at radius 1 is 1.21 bits per heavy atom. The van der Waals surface area contributed by atoms with Crippen molar-refractivity contribution in [1.29, 1.82) is 0 Å². The Kier molecular flexibility index (Phi) is 6.11. The fourth-order valence-corrected chi connectivity index (χ4v) is 3.99. The van der Waals surface area contributed by atoms with Crippen LogP contribution in [-0.4, -0.2) is 33.1 Å². The van der Waals surface area contributed by atoms with Crippen LogP contribution in [0, 0.1) is 17.8 Å². The van der Waals surface area contributed by atoms with Gasteiger partial charge >= 0.3 is 5.97 Å². The molecule has 1 amide bonds. The summed E-state index contributed by atoms with van der Waals surface area (Å²) in [4.78, 5) is 41.2. The predicted octanol–water partition coefficient (Wildman–Crippen LogP) is 2.60. The molecule has 1 aliphatic carbocycles. The van der Waals surface area contributed by atoms with Gasteiger partial charge in [-0.05, 0) is 49.7 Å². The van der Waals surface area contributed by atoms with Gasteiger partial charge < -0.3 is 10.4 Å². The molecule has 1 fully saturated rings. The van der Waals surface area contributed by atoms with Gasteiger partial charge in [-0.1, -0.05) is 26.0 Å². The van der Waals surface area contributed by atoms with Crippen molar-refractivity contribution in [2.24, 2.45) is 17.8 Å². The second kappa shape index (κ2) is 8.54. The van der Waals surface area contributed by atoms with Crippen LogP contribution in [0.15, 0.2) is 35.4 Å². The first kappa shape index (κ1) is 20.0. The summed E-state index contributed by atoms with van der Waals surface area (Å²) in [5, 5.41) is 12.6. The van der Waals surface area contributed by atoms with E-state index in [1.165, 1.54) is 10.9 Å². The van der Waals surface area contributed by atoms with Gasteiger partial charge in [0.15, 0.2) is 0 Å². The summed E-state index contributed by atoms with van der Waals surface area (Å²) >= 11 is 0. The van der Waals surface area contributed by atoms with Gasteiger partial charge in [0.1, 0.15) is 6.04 Å². The average Bonchev–Trinajstić information content (AvgIpc) is 2.68. The van der Waals surface area contributed by atoms with Crippen molar-refractivity contribution in [2.75, 3.05) is 6.54 Å². The second-order valence-corrected chi connectivity index (χ2v) is 7.96. The van der Waals surface area contributed by atoms with Crippen LogP contribution < -0.4 is 10.9 Å². The van der Waals surface area contributed by atoms with Crippen molar-refractivity contribution in [3.63, 3.8) is 0 Å². The lowest BCUT2D eigenvalue weighted by molar-refractivity contribution is -0.143. The Bertz CT molecular complexity index is 913. The highest BCUT2D eigenvalue weighted by molar-refractivity contribution is 5.82. The van der Waals surface area contributed by atoms with Crippen LogP contribution in [0.2, 0.25) is 0 Å². The highest BCUT2D eigenvalue weighted by Crippen LogP contribution is 2.28. The minimum absolute atomic E-state index is 0.0802. The Morgan fingerprint density at radius 2 is 1.89 bits per heavy atom. The number of rotatable bonds is 6. The Balaban J connectivity index is 1.71. The van der Waals surface area contributed by atoms with Crippen LogP contribution in [0.3, 0.4) is 0 Å². The Labute approximate surface area is 163 Å². The fraction of sp³-hybridized carbons (Fsp3) is 0.524. The van der Waals surface area contributed by atoms with Crippen LogP contribution in [-0.2, 0) is 9.59 Å². The molecule has 150 valence electrons. The molecule has 7 heteroatoms. The first-order valence-corrected chi connectivity index (χ1v) is 9.85. The zero-order chi connectivity index (χ0) is 20.3. The van der Waals surface area contributed by atoms with E-state index in [-0.39, 0.29) is 29.2 Å². The third kappa shape index (κ3) is 4.24. The van der Waals surface area contributed by atoms with Crippen molar-refractivity contribution in [1.82, 2.24) is 14.9 Å². The zero-order valence-corrected chi connectivity index (χ0v) is 16.3. The topological polar surface area (TPSA) is 101 Å². The van der Waals surface area contributed by atoms with Gasteiger partial charge in [0.2, 0.25) is 5.91 Å². The van der Waals surface area contributed by atoms with Crippen LogP contribution in [0.5, 0.6) is 0 Å². The molecule has 0 unspecified atom stereocenters. The summed E-state index contributed by atoms with van der Waals surface area (Å²) in [6.45, 7) is 4.32. The highest BCUT2D eigenvalue weighted by Gasteiger charge is 2.29. The number of carbonyl (C=O) groups excluding carboxylic acids is 1. The van der Waals surface area contributed by atoms with E-state index < -0.39 is 12.0 Å². The minimum atomic E-state index is -0.731. The molecule has 2 N–H and O–H groups in total.